The van der Waals surface area contributed by atoms with Gasteiger partial charge in [-0.05, 0) is 40.9 Å². The second-order valence-electron chi connectivity index (χ2n) is 3.69. The summed E-state index contributed by atoms with van der Waals surface area (Å²) >= 11 is 3.48. The lowest BCUT2D eigenvalue weighted by Crippen LogP contribution is -2.23. The Morgan fingerprint density at radius 1 is 1.33 bits per heavy atom. The minimum absolute atomic E-state index is 0.363. The van der Waals surface area contributed by atoms with Gasteiger partial charge in [0, 0.05) is 17.6 Å². The molecule has 3 nitrogen and oxygen atoms in total. The first kappa shape index (κ1) is 10.5. The molecule has 1 aliphatic rings. The van der Waals surface area contributed by atoms with Gasteiger partial charge >= 0.3 is 0 Å². The summed E-state index contributed by atoms with van der Waals surface area (Å²) < 4.78 is 0.945. The third-order valence-electron chi connectivity index (χ3n) is 2.67. The van der Waals surface area contributed by atoms with Gasteiger partial charge in [-0.15, -0.1) is 0 Å². The van der Waals surface area contributed by atoms with Crippen LogP contribution in [0.3, 0.4) is 0 Å². The normalized spacial score (nSPS) is 15.7. The molecule has 1 fully saturated rings. The predicted molar refractivity (Wildman–Crippen MR) is 64.1 cm³/mol. The van der Waals surface area contributed by atoms with E-state index in [1.807, 2.05) is 12.1 Å². The number of amides is 1. The minimum atomic E-state index is -0.363. The van der Waals surface area contributed by atoms with Crippen LogP contribution in [0.15, 0.2) is 22.7 Å². The van der Waals surface area contributed by atoms with E-state index in [2.05, 4.69) is 20.8 Å². The van der Waals surface area contributed by atoms with Crippen molar-refractivity contribution >= 4 is 27.5 Å². The van der Waals surface area contributed by atoms with Crippen LogP contribution in [-0.2, 0) is 0 Å². The Bertz CT molecular complexity index is 386. The molecule has 0 aliphatic carbocycles. The summed E-state index contributed by atoms with van der Waals surface area (Å²) in [6.45, 7) is 2.01. The lowest BCUT2D eigenvalue weighted by Gasteiger charge is -2.21. The summed E-state index contributed by atoms with van der Waals surface area (Å²) in [4.78, 5) is 13.5. The fraction of sp³-hybridized carbons (Fsp3) is 0.364. The fourth-order valence-corrected chi connectivity index (χ4v) is 2.59. The van der Waals surface area contributed by atoms with Crippen LogP contribution in [0.4, 0.5) is 5.69 Å². The highest BCUT2D eigenvalue weighted by atomic mass is 79.9. The molecule has 1 aromatic carbocycles. The Morgan fingerprint density at radius 3 is 2.60 bits per heavy atom. The number of carbonyl (C=O) groups excluding carboxylic acids is 1. The van der Waals surface area contributed by atoms with Gasteiger partial charge in [-0.1, -0.05) is 6.07 Å². The second-order valence-corrected chi connectivity index (χ2v) is 4.55. The van der Waals surface area contributed by atoms with E-state index in [1.165, 1.54) is 12.8 Å². The van der Waals surface area contributed by atoms with E-state index < -0.39 is 0 Å². The predicted octanol–water partition coefficient (Wildman–Crippen LogP) is 2.15. The highest BCUT2D eigenvalue weighted by molar-refractivity contribution is 9.10. The molecule has 0 saturated carbocycles. The molecule has 2 N–H and O–H groups in total. The molecule has 1 heterocycles. The highest BCUT2D eigenvalue weighted by Gasteiger charge is 2.20. The zero-order valence-corrected chi connectivity index (χ0v) is 9.96. The van der Waals surface area contributed by atoms with Gasteiger partial charge in [-0.25, -0.2) is 0 Å². The maximum absolute atomic E-state index is 11.3. The second kappa shape index (κ2) is 4.23. The van der Waals surface area contributed by atoms with E-state index in [9.17, 15) is 4.79 Å². The first-order chi connectivity index (χ1) is 7.20. The number of benzene rings is 1. The number of rotatable bonds is 2. The lowest BCUT2D eigenvalue weighted by molar-refractivity contribution is 0.100. The van der Waals surface area contributed by atoms with E-state index >= 15 is 0 Å². The van der Waals surface area contributed by atoms with Crippen LogP contribution < -0.4 is 10.6 Å². The van der Waals surface area contributed by atoms with Crippen molar-refractivity contribution in [2.75, 3.05) is 18.0 Å². The van der Waals surface area contributed by atoms with Gasteiger partial charge in [0.25, 0.3) is 5.91 Å². The van der Waals surface area contributed by atoms with Crippen molar-refractivity contribution in [3.05, 3.63) is 28.2 Å². The Kier molecular flexibility index (Phi) is 2.95. The molecule has 1 amide bonds. The molecule has 0 radical (unpaired) electrons. The van der Waals surface area contributed by atoms with Gasteiger partial charge in [-0.2, -0.15) is 0 Å². The zero-order chi connectivity index (χ0) is 10.8. The number of hydrogen-bond acceptors (Lipinski definition) is 2. The Balaban J connectivity index is 2.46. The van der Waals surface area contributed by atoms with Crippen molar-refractivity contribution < 1.29 is 4.79 Å². The first-order valence-corrected chi connectivity index (χ1v) is 5.82. The van der Waals surface area contributed by atoms with Crippen LogP contribution >= 0.6 is 15.9 Å². The van der Waals surface area contributed by atoms with Gasteiger partial charge in [0.1, 0.15) is 0 Å². The average Bonchev–Trinajstić information content (AvgIpc) is 2.70. The fourth-order valence-electron chi connectivity index (χ4n) is 1.98. The molecule has 0 aromatic heterocycles. The maximum Gasteiger partial charge on any atom is 0.250 e. The Labute approximate surface area is 97.4 Å². The smallest absolute Gasteiger partial charge is 0.250 e. The third-order valence-corrected chi connectivity index (χ3v) is 3.31. The van der Waals surface area contributed by atoms with Crippen LogP contribution in [0.25, 0.3) is 0 Å². The standard InChI is InChI=1S/C11H13BrN2O/c12-9-5-3-4-8(11(13)15)10(9)14-6-1-2-7-14/h3-5H,1-2,6-7H2,(H2,13,15). The number of anilines is 1. The molecule has 1 aromatic rings. The molecule has 15 heavy (non-hydrogen) atoms. The van der Waals surface area contributed by atoms with Crippen molar-refractivity contribution in [2.24, 2.45) is 5.73 Å². The van der Waals surface area contributed by atoms with Crippen LogP contribution in [-0.4, -0.2) is 19.0 Å². The van der Waals surface area contributed by atoms with Crippen molar-refractivity contribution in [3.63, 3.8) is 0 Å². The molecule has 0 spiro atoms. The van der Waals surface area contributed by atoms with E-state index in [-0.39, 0.29) is 5.91 Å². The monoisotopic (exact) mass is 268 g/mol. The summed E-state index contributed by atoms with van der Waals surface area (Å²) in [6, 6.07) is 5.56. The van der Waals surface area contributed by atoms with E-state index in [0.29, 0.717) is 5.56 Å². The largest absolute Gasteiger partial charge is 0.370 e. The SMILES string of the molecule is NC(=O)c1cccc(Br)c1N1CCCC1. The topological polar surface area (TPSA) is 46.3 Å². The Hall–Kier alpha value is -1.03. The zero-order valence-electron chi connectivity index (χ0n) is 8.37. The number of halogens is 1. The van der Waals surface area contributed by atoms with E-state index in [4.69, 9.17) is 5.73 Å². The number of hydrogen-bond donors (Lipinski definition) is 1. The van der Waals surface area contributed by atoms with E-state index in [1.54, 1.807) is 6.07 Å². The van der Waals surface area contributed by atoms with Crippen molar-refractivity contribution in [1.82, 2.24) is 0 Å². The number of nitrogens with two attached hydrogens (primary N) is 1. The summed E-state index contributed by atoms with van der Waals surface area (Å²) in [5.74, 6) is -0.363. The van der Waals surface area contributed by atoms with Gasteiger partial charge in [0.15, 0.2) is 0 Å². The molecule has 0 atom stereocenters. The number of primary amides is 1. The number of para-hydroxylation sites is 1. The molecule has 80 valence electrons. The summed E-state index contributed by atoms with van der Waals surface area (Å²) in [7, 11) is 0. The molecule has 4 heteroatoms. The van der Waals surface area contributed by atoms with Crippen molar-refractivity contribution in [2.45, 2.75) is 12.8 Å². The summed E-state index contributed by atoms with van der Waals surface area (Å²) in [5, 5.41) is 0. The molecule has 2 rings (SSSR count). The maximum atomic E-state index is 11.3. The molecule has 1 aliphatic heterocycles. The van der Waals surface area contributed by atoms with Crippen LogP contribution in [0.5, 0.6) is 0 Å². The first-order valence-electron chi connectivity index (χ1n) is 5.03. The average molecular weight is 269 g/mol. The van der Waals surface area contributed by atoms with Gasteiger partial charge < -0.3 is 10.6 Å². The summed E-state index contributed by atoms with van der Waals surface area (Å²) in [6.07, 6.45) is 2.36. The van der Waals surface area contributed by atoms with Crippen LogP contribution in [0, 0.1) is 0 Å². The lowest BCUT2D eigenvalue weighted by atomic mass is 10.1. The number of nitrogens with zero attached hydrogens (tertiary/aromatic N) is 1. The third kappa shape index (κ3) is 2.00. The molecule has 0 unspecified atom stereocenters. The van der Waals surface area contributed by atoms with Gasteiger partial charge in [0.2, 0.25) is 0 Å². The van der Waals surface area contributed by atoms with Gasteiger partial charge in [-0.3, -0.25) is 4.79 Å². The highest BCUT2D eigenvalue weighted by Crippen LogP contribution is 2.32. The Morgan fingerprint density at radius 2 is 2.00 bits per heavy atom. The molecule has 0 bridgehead atoms. The minimum Gasteiger partial charge on any atom is -0.370 e. The van der Waals surface area contributed by atoms with Crippen LogP contribution in [0.1, 0.15) is 23.2 Å². The van der Waals surface area contributed by atoms with E-state index in [0.717, 1.165) is 23.2 Å². The van der Waals surface area contributed by atoms with Gasteiger partial charge in [0.05, 0.1) is 11.3 Å². The molecular weight excluding hydrogens is 256 g/mol. The number of carbonyl (C=O) groups is 1. The van der Waals surface area contributed by atoms with Crippen molar-refractivity contribution in [3.8, 4) is 0 Å². The molecular formula is C11H13BrN2O. The summed E-state index contributed by atoms with van der Waals surface area (Å²) in [5.41, 5.74) is 6.91. The van der Waals surface area contributed by atoms with Crippen LogP contribution in [0.2, 0.25) is 0 Å². The van der Waals surface area contributed by atoms with Crippen molar-refractivity contribution in [1.29, 1.82) is 0 Å². The quantitative estimate of drug-likeness (QED) is 0.894. The molecule has 1 saturated heterocycles.